The molecule has 0 radical (unpaired) electrons. The molecule has 0 bridgehead atoms. The van der Waals surface area contributed by atoms with Crippen molar-refractivity contribution in [3.05, 3.63) is 46.0 Å². The molecule has 0 unspecified atom stereocenters. The number of aromatic nitrogens is 1. The molecule has 0 aromatic carbocycles. The van der Waals surface area contributed by atoms with Crippen molar-refractivity contribution in [1.29, 1.82) is 0 Å². The van der Waals surface area contributed by atoms with Gasteiger partial charge in [0.15, 0.2) is 0 Å². The molecule has 0 spiro atoms. The third-order valence-corrected chi connectivity index (χ3v) is 8.26. The number of hydrogen-bond donors (Lipinski definition) is 1. The number of thiophene rings is 1. The highest BCUT2D eigenvalue weighted by Gasteiger charge is 2.33. The molecule has 3 rings (SSSR count). The highest BCUT2D eigenvalue weighted by Crippen LogP contribution is 2.30. The maximum Gasteiger partial charge on any atom is 0.252 e. The minimum absolute atomic E-state index is 0.0896. The summed E-state index contributed by atoms with van der Waals surface area (Å²) in [5, 5.41) is 2.91. The number of carbonyl (C=O) groups is 1. The van der Waals surface area contributed by atoms with E-state index in [0.717, 1.165) is 9.48 Å². The summed E-state index contributed by atoms with van der Waals surface area (Å²) >= 11 is 4.49. The van der Waals surface area contributed by atoms with Gasteiger partial charge in [0, 0.05) is 37.9 Å². The van der Waals surface area contributed by atoms with Crippen LogP contribution < -0.4 is 5.32 Å². The summed E-state index contributed by atoms with van der Waals surface area (Å²) in [6, 6.07) is 9.01. The second kappa shape index (κ2) is 8.60. The number of carbonyl (C=O) groups excluding carboxylic acids is 1. The number of nitrogens with one attached hydrogen (secondary N) is 1. The molecular weight excluding hydrogens is 438 g/mol. The quantitative estimate of drug-likeness (QED) is 0.722. The predicted octanol–water partition coefficient (Wildman–Crippen LogP) is 2.67. The number of amides is 1. The molecule has 2 aromatic heterocycles. The number of piperidine rings is 1. The zero-order chi connectivity index (χ0) is 18.6. The number of halogens is 1. The van der Waals surface area contributed by atoms with E-state index in [1.165, 1.54) is 15.6 Å². The lowest BCUT2D eigenvalue weighted by Gasteiger charge is -2.30. The number of nitrogens with zero attached hydrogens (tertiary/aromatic N) is 2. The lowest BCUT2D eigenvalue weighted by atomic mass is 9.99. The van der Waals surface area contributed by atoms with Crippen LogP contribution in [0, 0.1) is 5.92 Å². The van der Waals surface area contributed by atoms with Crippen LogP contribution in [0.3, 0.4) is 0 Å². The first-order chi connectivity index (χ1) is 12.5. The largest absolute Gasteiger partial charge is 0.355 e. The van der Waals surface area contributed by atoms with Gasteiger partial charge >= 0.3 is 0 Å². The van der Waals surface area contributed by atoms with Crippen LogP contribution in [0.5, 0.6) is 0 Å². The summed E-state index contributed by atoms with van der Waals surface area (Å²) < 4.78 is 28.0. The van der Waals surface area contributed by atoms with Crippen LogP contribution in [-0.4, -0.2) is 43.2 Å². The Morgan fingerprint density at radius 2 is 2.19 bits per heavy atom. The molecule has 26 heavy (non-hydrogen) atoms. The Hall–Kier alpha value is -1.29. The molecule has 1 saturated heterocycles. The standard InChI is InChI=1S/C17H20BrN3O3S2/c18-15-6-7-16(25-15)26(23,24)21-11-3-4-13(12-21)17(22)20-10-8-14-5-1-2-9-19-14/h1-2,5-7,9,13H,3-4,8,10-12H2,(H,20,22)/t13-/m1/s1. The lowest BCUT2D eigenvalue weighted by Crippen LogP contribution is -2.45. The predicted molar refractivity (Wildman–Crippen MR) is 104 cm³/mol. The van der Waals surface area contributed by atoms with E-state index in [1.807, 2.05) is 18.2 Å². The van der Waals surface area contributed by atoms with Crippen LogP contribution >= 0.6 is 27.3 Å². The molecule has 1 amide bonds. The van der Waals surface area contributed by atoms with E-state index >= 15 is 0 Å². The molecule has 3 heterocycles. The molecule has 9 heteroatoms. The molecular formula is C17H20BrN3O3S2. The molecule has 1 fully saturated rings. The molecule has 6 nitrogen and oxygen atoms in total. The number of sulfonamides is 1. The van der Waals surface area contributed by atoms with Crippen molar-refractivity contribution in [3.8, 4) is 0 Å². The number of pyridine rings is 1. The van der Waals surface area contributed by atoms with Gasteiger partial charge in [0.2, 0.25) is 5.91 Å². The third kappa shape index (κ3) is 4.70. The summed E-state index contributed by atoms with van der Waals surface area (Å²) in [7, 11) is -3.54. The topological polar surface area (TPSA) is 79.4 Å². The summed E-state index contributed by atoms with van der Waals surface area (Å²) in [5.74, 6) is -0.404. The van der Waals surface area contributed by atoms with Crippen molar-refractivity contribution < 1.29 is 13.2 Å². The Kier molecular flexibility index (Phi) is 6.44. The van der Waals surface area contributed by atoms with E-state index in [0.29, 0.717) is 36.6 Å². The first kappa shape index (κ1) is 19.5. The third-order valence-electron chi connectivity index (χ3n) is 4.30. The fourth-order valence-corrected chi connectivity index (χ4v) is 6.63. The average Bonchev–Trinajstić information content (AvgIpc) is 3.10. The molecule has 1 aliphatic rings. The van der Waals surface area contributed by atoms with Gasteiger partial charge in [0.1, 0.15) is 4.21 Å². The monoisotopic (exact) mass is 457 g/mol. The maximum absolute atomic E-state index is 12.7. The van der Waals surface area contributed by atoms with E-state index < -0.39 is 10.0 Å². The minimum Gasteiger partial charge on any atom is -0.355 e. The van der Waals surface area contributed by atoms with Crippen LogP contribution in [0.4, 0.5) is 0 Å². The molecule has 0 aliphatic carbocycles. The van der Waals surface area contributed by atoms with E-state index in [2.05, 4.69) is 26.2 Å². The van der Waals surface area contributed by atoms with Gasteiger partial charge in [-0.1, -0.05) is 6.07 Å². The summed E-state index contributed by atoms with van der Waals surface area (Å²) in [6.45, 7) is 1.18. The Morgan fingerprint density at radius 3 is 2.88 bits per heavy atom. The zero-order valence-corrected chi connectivity index (χ0v) is 17.3. The normalized spacial score (nSPS) is 18.6. The van der Waals surface area contributed by atoms with E-state index in [9.17, 15) is 13.2 Å². The highest BCUT2D eigenvalue weighted by molar-refractivity contribution is 9.11. The van der Waals surface area contributed by atoms with Gasteiger partial charge < -0.3 is 5.32 Å². The van der Waals surface area contributed by atoms with Crippen LogP contribution in [0.2, 0.25) is 0 Å². The van der Waals surface area contributed by atoms with Crippen molar-refractivity contribution in [2.45, 2.75) is 23.5 Å². The van der Waals surface area contributed by atoms with Gasteiger partial charge in [-0.05, 0) is 53.0 Å². The van der Waals surface area contributed by atoms with E-state index in [4.69, 9.17) is 0 Å². The van der Waals surface area contributed by atoms with Crippen LogP contribution in [-0.2, 0) is 21.2 Å². The highest BCUT2D eigenvalue weighted by atomic mass is 79.9. The van der Waals surface area contributed by atoms with Gasteiger partial charge in [-0.25, -0.2) is 8.42 Å². The molecule has 1 N–H and O–H groups in total. The van der Waals surface area contributed by atoms with Crippen molar-refractivity contribution in [2.24, 2.45) is 5.92 Å². The van der Waals surface area contributed by atoms with Gasteiger partial charge in [-0.15, -0.1) is 11.3 Å². The smallest absolute Gasteiger partial charge is 0.252 e. The fourth-order valence-electron chi connectivity index (χ4n) is 2.94. The lowest BCUT2D eigenvalue weighted by molar-refractivity contribution is -0.126. The Bertz CT molecular complexity index is 855. The summed E-state index contributed by atoms with van der Waals surface area (Å²) in [4.78, 5) is 16.7. The average molecular weight is 458 g/mol. The van der Waals surface area contributed by atoms with Crippen LogP contribution in [0.1, 0.15) is 18.5 Å². The SMILES string of the molecule is O=C(NCCc1ccccn1)[C@@H]1CCCN(S(=O)(=O)c2ccc(Br)s2)C1. The molecule has 1 aliphatic heterocycles. The molecule has 140 valence electrons. The Morgan fingerprint density at radius 1 is 1.35 bits per heavy atom. The van der Waals surface area contributed by atoms with Crippen molar-refractivity contribution in [2.75, 3.05) is 19.6 Å². The fraction of sp³-hybridized carbons (Fsp3) is 0.412. The van der Waals surface area contributed by atoms with Gasteiger partial charge in [0.05, 0.1) is 9.70 Å². The minimum atomic E-state index is -3.54. The molecule has 1 atom stereocenters. The first-order valence-corrected chi connectivity index (χ1v) is 11.4. The zero-order valence-electron chi connectivity index (χ0n) is 14.1. The molecule has 2 aromatic rings. The number of rotatable bonds is 6. The second-order valence-electron chi connectivity index (χ2n) is 6.12. The van der Waals surface area contributed by atoms with Gasteiger partial charge in [0.25, 0.3) is 10.0 Å². The van der Waals surface area contributed by atoms with E-state index in [1.54, 1.807) is 18.3 Å². The van der Waals surface area contributed by atoms with Crippen molar-refractivity contribution >= 4 is 43.2 Å². The molecule has 0 saturated carbocycles. The van der Waals surface area contributed by atoms with E-state index in [-0.39, 0.29) is 18.4 Å². The van der Waals surface area contributed by atoms with Crippen LogP contribution in [0.15, 0.2) is 44.5 Å². The van der Waals surface area contributed by atoms with Crippen molar-refractivity contribution in [1.82, 2.24) is 14.6 Å². The van der Waals surface area contributed by atoms with Crippen molar-refractivity contribution in [3.63, 3.8) is 0 Å². The Balaban J connectivity index is 1.56. The van der Waals surface area contributed by atoms with Gasteiger partial charge in [-0.2, -0.15) is 4.31 Å². The Labute approximate surface area is 165 Å². The summed E-state index contributed by atoms with van der Waals surface area (Å²) in [5.41, 5.74) is 0.920. The number of hydrogen-bond acceptors (Lipinski definition) is 5. The first-order valence-electron chi connectivity index (χ1n) is 8.40. The summed E-state index contributed by atoms with van der Waals surface area (Å²) in [6.07, 6.45) is 3.77. The van der Waals surface area contributed by atoms with Crippen LogP contribution in [0.25, 0.3) is 0 Å². The maximum atomic E-state index is 12.7. The second-order valence-corrected chi connectivity index (χ2v) is 10.8. The van der Waals surface area contributed by atoms with Gasteiger partial charge in [-0.3, -0.25) is 9.78 Å².